The molecule has 51 valence electrons. The lowest BCUT2D eigenvalue weighted by Gasteiger charge is -1.98. The Balaban J connectivity index is 2.91. The highest BCUT2D eigenvalue weighted by Crippen LogP contribution is 2.04. The molecule has 1 aromatic rings. The zero-order chi connectivity index (χ0) is 7.40. The maximum atomic E-state index is 3.98. The molecule has 1 heteroatoms. The molecule has 0 N–H and O–H groups in total. The lowest BCUT2D eigenvalue weighted by molar-refractivity contribution is 1.17. The summed E-state index contributed by atoms with van der Waals surface area (Å²) in [6.07, 6.45) is 6.28. The Morgan fingerprint density at radius 2 is 2.40 bits per heavy atom. The molecule has 0 saturated carbocycles. The molecule has 1 nitrogen and oxygen atoms in total. The van der Waals surface area contributed by atoms with Gasteiger partial charge in [-0.05, 0) is 30.5 Å². The molecule has 0 bridgehead atoms. The van der Waals surface area contributed by atoms with Crippen molar-refractivity contribution in [2.45, 2.75) is 6.42 Å². The molecule has 0 atom stereocenters. The van der Waals surface area contributed by atoms with Gasteiger partial charge in [0.2, 0.25) is 0 Å². The van der Waals surface area contributed by atoms with Gasteiger partial charge >= 0.3 is 0 Å². The molecular weight excluding hydrogens is 122 g/mol. The van der Waals surface area contributed by atoms with Crippen molar-refractivity contribution in [3.8, 4) is 0 Å². The van der Waals surface area contributed by atoms with Gasteiger partial charge in [-0.1, -0.05) is 6.08 Å². The fourth-order valence-corrected chi connectivity index (χ4v) is 0.795. The van der Waals surface area contributed by atoms with Crippen molar-refractivity contribution in [2.24, 2.45) is 0 Å². The van der Waals surface area contributed by atoms with Crippen LogP contribution in [0.25, 0.3) is 0 Å². The van der Waals surface area contributed by atoms with E-state index in [9.17, 15) is 0 Å². The summed E-state index contributed by atoms with van der Waals surface area (Å²) in [7, 11) is 0. The summed E-state index contributed by atoms with van der Waals surface area (Å²) in [6, 6.07) is 1.90. The molecule has 0 fully saturated rings. The van der Waals surface area contributed by atoms with Crippen molar-refractivity contribution >= 4 is 0 Å². The summed E-state index contributed by atoms with van der Waals surface area (Å²) in [5.74, 6) is 0. The summed E-state index contributed by atoms with van der Waals surface area (Å²) in [4.78, 5) is 3.98. The Morgan fingerprint density at radius 3 is 3.00 bits per heavy atom. The minimum absolute atomic E-state index is 0.854. The third-order valence-electron chi connectivity index (χ3n) is 1.37. The SMILES string of the molecule is [CH2]c1ccncc1CC=C. The molecule has 0 saturated heterocycles. The van der Waals surface area contributed by atoms with Crippen molar-refractivity contribution in [1.29, 1.82) is 0 Å². The topological polar surface area (TPSA) is 12.9 Å². The van der Waals surface area contributed by atoms with E-state index in [0.717, 1.165) is 17.5 Å². The van der Waals surface area contributed by atoms with Crippen molar-refractivity contribution in [2.75, 3.05) is 0 Å². The minimum Gasteiger partial charge on any atom is -0.264 e. The predicted molar refractivity (Wildman–Crippen MR) is 42.6 cm³/mol. The molecule has 1 aromatic heterocycles. The zero-order valence-corrected chi connectivity index (χ0v) is 5.88. The van der Waals surface area contributed by atoms with Crippen molar-refractivity contribution in [1.82, 2.24) is 4.98 Å². The van der Waals surface area contributed by atoms with Crippen LogP contribution >= 0.6 is 0 Å². The molecule has 0 aliphatic carbocycles. The average Bonchev–Trinajstić information content (AvgIpc) is 1.94. The number of nitrogens with zero attached hydrogens (tertiary/aromatic N) is 1. The number of hydrogen-bond donors (Lipinski definition) is 0. The van der Waals surface area contributed by atoms with Crippen LogP contribution in [0, 0.1) is 6.92 Å². The molecule has 0 unspecified atom stereocenters. The van der Waals surface area contributed by atoms with Crippen LogP contribution in [0.3, 0.4) is 0 Å². The van der Waals surface area contributed by atoms with Gasteiger partial charge in [0.15, 0.2) is 0 Å². The normalized spacial score (nSPS) is 9.30. The van der Waals surface area contributed by atoms with Crippen LogP contribution in [0.4, 0.5) is 0 Å². The maximum absolute atomic E-state index is 3.98. The van der Waals surface area contributed by atoms with Crippen LogP contribution in [0.1, 0.15) is 11.1 Å². The Hall–Kier alpha value is -1.11. The van der Waals surface area contributed by atoms with Crippen molar-refractivity contribution in [3.05, 3.63) is 49.2 Å². The van der Waals surface area contributed by atoms with Gasteiger partial charge in [0.1, 0.15) is 0 Å². The maximum Gasteiger partial charge on any atom is 0.0305 e. The molecule has 0 amide bonds. The first-order chi connectivity index (χ1) is 4.84. The van der Waals surface area contributed by atoms with E-state index >= 15 is 0 Å². The molecule has 0 aliphatic heterocycles. The summed E-state index contributed by atoms with van der Waals surface area (Å²) >= 11 is 0. The Bertz CT molecular complexity index is 228. The van der Waals surface area contributed by atoms with Crippen molar-refractivity contribution in [3.63, 3.8) is 0 Å². The van der Waals surface area contributed by atoms with Crippen LogP contribution in [-0.2, 0) is 6.42 Å². The monoisotopic (exact) mass is 132 g/mol. The second kappa shape index (κ2) is 3.16. The van der Waals surface area contributed by atoms with Crippen molar-refractivity contribution < 1.29 is 0 Å². The van der Waals surface area contributed by atoms with Gasteiger partial charge in [0.05, 0.1) is 0 Å². The molecule has 1 heterocycles. The fourth-order valence-electron chi connectivity index (χ4n) is 0.795. The van der Waals surface area contributed by atoms with Gasteiger partial charge in [0.25, 0.3) is 0 Å². The second-order valence-electron chi connectivity index (χ2n) is 2.14. The molecule has 0 spiro atoms. The van der Waals surface area contributed by atoms with Gasteiger partial charge in [-0.25, -0.2) is 0 Å². The van der Waals surface area contributed by atoms with E-state index in [-0.39, 0.29) is 0 Å². The molecule has 1 radical (unpaired) electrons. The molecule has 0 aliphatic rings. The Kier molecular flexibility index (Phi) is 2.21. The van der Waals surface area contributed by atoms with E-state index in [2.05, 4.69) is 18.5 Å². The first-order valence-corrected chi connectivity index (χ1v) is 3.20. The molecular formula is C9H10N. The summed E-state index contributed by atoms with van der Waals surface area (Å²) < 4.78 is 0. The van der Waals surface area contributed by atoms with Crippen LogP contribution in [0.2, 0.25) is 0 Å². The predicted octanol–water partition coefficient (Wildman–Crippen LogP) is 1.99. The number of aromatic nitrogens is 1. The fraction of sp³-hybridized carbons (Fsp3) is 0.111. The summed E-state index contributed by atoms with van der Waals surface area (Å²) in [5.41, 5.74) is 2.19. The van der Waals surface area contributed by atoms with E-state index in [1.54, 1.807) is 6.20 Å². The summed E-state index contributed by atoms with van der Waals surface area (Å²) in [6.45, 7) is 7.49. The summed E-state index contributed by atoms with van der Waals surface area (Å²) in [5, 5.41) is 0. The highest BCUT2D eigenvalue weighted by atomic mass is 14.6. The van der Waals surface area contributed by atoms with E-state index in [1.165, 1.54) is 0 Å². The molecule has 1 rings (SSSR count). The van der Waals surface area contributed by atoms with Gasteiger partial charge in [-0.2, -0.15) is 0 Å². The van der Waals surface area contributed by atoms with E-state index in [1.807, 2.05) is 18.3 Å². The second-order valence-corrected chi connectivity index (χ2v) is 2.14. The van der Waals surface area contributed by atoms with Crippen LogP contribution in [0.5, 0.6) is 0 Å². The first kappa shape index (κ1) is 7.00. The number of pyridine rings is 1. The van der Waals surface area contributed by atoms with Crippen LogP contribution in [0.15, 0.2) is 31.1 Å². The lowest BCUT2D eigenvalue weighted by atomic mass is 10.1. The highest BCUT2D eigenvalue weighted by Gasteiger charge is 1.92. The number of rotatable bonds is 2. The Labute approximate surface area is 61.4 Å². The third-order valence-corrected chi connectivity index (χ3v) is 1.37. The molecule has 10 heavy (non-hydrogen) atoms. The van der Waals surface area contributed by atoms with E-state index in [4.69, 9.17) is 0 Å². The van der Waals surface area contributed by atoms with Gasteiger partial charge in [0, 0.05) is 12.4 Å². The van der Waals surface area contributed by atoms with Crippen LogP contribution < -0.4 is 0 Å². The first-order valence-electron chi connectivity index (χ1n) is 3.20. The van der Waals surface area contributed by atoms with Crippen LogP contribution in [-0.4, -0.2) is 4.98 Å². The number of hydrogen-bond acceptors (Lipinski definition) is 1. The standard InChI is InChI=1S/C9H10N/c1-3-4-9-7-10-6-5-8(9)2/h3,5-7H,1-2,4H2. The van der Waals surface area contributed by atoms with Gasteiger partial charge < -0.3 is 0 Å². The average molecular weight is 132 g/mol. The number of allylic oxidation sites excluding steroid dienone is 1. The smallest absolute Gasteiger partial charge is 0.0305 e. The third kappa shape index (κ3) is 1.44. The highest BCUT2D eigenvalue weighted by molar-refractivity contribution is 5.27. The quantitative estimate of drug-likeness (QED) is 0.561. The minimum atomic E-state index is 0.854. The lowest BCUT2D eigenvalue weighted by Crippen LogP contribution is -1.86. The van der Waals surface area contributed by atoms with Gasteiger partial charge in [-0.3, -0.25) is 4.98 Å². The van der Waals surface area contributed by atoms with E-state index < -0.39 is 0 Å². The Morgan fingerprint density at radius 1 is 1.60 bits per heavy atom. The largest absolute Gasteiger partial charge is 0.264 e. The molecule has 0 aromatic carbocycles. The zero-order valence-electron chi connectivity index (χ0n) is 5.88. The van der Waals surface area contributed by atoms with E-state index in [0.29, 0.717) is 0 Å². The van der Waals surface area contributed by atoms with Gasteiger partial charge in [-0.15, -0.1) is 6.58 Å².